The summed E-state index contributed by atoms with van der Waals surface area (Å²) in [6.07, 6.45) is 1.70. The molecule has 0 aliphatic carbocycles. The number of aryl methyl sites for hydroxylation is 1. The van der Waals surface area contributed by atoms with Gasteiger partial charge in [0, 0.05) is 0 Å². The molecule has 2 aromatic rings. The highest BCUT2D eigenvalue weighted by molar-refractivity contribution is 5.80. The van der Waals surface area contributed by atoms with Crippen LogP contribution in [0.3, 0.4) is 0 Å². The number of para-hydroxylation sites is 1. The first kappa shape index (κ1) is 13.8. The summed E-state index contributed by atoms with van der Waals surface area (Å²) in [5.41, 5.74) is 4.05. The van der Waals surface area contributed by atoms with Gasteiger partial charge in [0.2, 0.25) is 0 Å². The highest BCUT2D eigenvalue weighted by Crippen LogP contribution is 2.29. The molecule has 1 aliphatic heterocycles. The normalized spacial score (nSPS) is 17.1. The predicted molar refractivity (Wildman–Crippen MR) is 80.9 cm³/mol. The van der Waals surface area contributed by atoms with Gasteiger partial charge in [-0.2, -0.15) is 0 Å². The highest BCUT2D eigenvalue weighted by atomic mass is 16.5. The molecule has 1 heterocycles. The Morgan fingerprint density at radius 2 is 2.10 bits per heavy atom. The van der Waals surface area contributed by atoms with Gasteiger partial charge in [-0.15, -0.1) is 0 Å². The molecule has 0 aromatic heterocycles. The summed E-state index contributed by atoms with van der Waals surface area (Å²) >= 11 is 0. The van der Waals surface area contributed by atoms with Gasteiger partial charge in [0.1, 0.15) is 18.5 Å². The zero-order chi connectivity index (χ0) is 14.7. The number of hydrogen-bond acceptors (Lipinski definition) is 3. The molecule has 108 valence electrons. The van der Waals surface area contributed by atoms with Crippen molar-refractivity contribution in [1.82, 2.24) is 0 Å². The van der Waals surface area contributed by atoms with Crippen LogP contribution in [0.1, 0.15) is 33.2 Å². The third kappa shape index (κ3) is 2.83. The highest BCUT2D eigenvalue weighted by Gasteiger charge is 2.21. The Morgan fingerprint density at radius 1 is 1.24 bits per heavy atom. The maximum atomic E-state index is 11.1. The zero-order valence-corrected chi connectivity index (χ0v) is 12.0. The smallest absolute Gasteiger partial charge is 0.153 e. The van der Waals surface area contributed by atoms with E-state index in [0.29, 0.717) is 24.5 Å². The fourth-order valence-electron chi connectivity index (χ4n) is 2.74. The lowest BCUT2D eigenvalue weighted by Crippen LogP contribution is -2.22. The third-order valence-electron chi connectivity index (χ3n) is 3.84. The van der Waals surface area contributed by atoms with Gasteiger partial charge >= 0.3 is 0 Å². The van der Waals surface area contributed by atoms with Crippen LogP contribution in [0, 0.1) is 6.92 Å². The van der Waals surface area contributed by atoms with Crippen LogP contribution >= 0.6 is 0 Å². The molecule has 0 amide bonds. The van der Waals surface area contributed by atoms with Crippen molar-refractivity contribution < 1.29 is 14.3 Å². The maximum Gasteiger partial charge on any atom is 0.153 e. The van der Waals surface area contributed by atoms with E-state index in [1.54, 1.807) is 6.07 Å². The Kier molecular flexibility index (Phi) is 4.02. The number of ether oxygens (including phenoxy) is 2. The Morgan fingerprint density at radius 3 is 2.95 bits per heavy atom. The minimum Gasteiger partial charge on any atom is -0.489 e. The lowest BCUT2D eigenvalue weighted by molar-refractivity contribution is 0.00991. The predicted octanol–water partition coefficient (Wildman–Crippen LogP) is 3.50. The van der Waals surface area contributed by atoms with Gasteiger partial charge in [0.15, 0.2) is 6.29 Å². The summed E-state index contributed by atoms with van der Waals surface area (Å²) < 4.78 is 11.7. The van der Waals surface area contributed by atoms with E-state index in [4.69, 9.17) is 9.47 Å². The molecule has 3 nitrogen and oxygen atoms in total. The minimum absolute atomic E-state index is 0.0749. The summed E-state index contributed by atoms with van der Waals surface area (Å²) in [6.45, 7) is 3.07. The Bertz CT molecular complexity index is 649. The van der Waals surface area contributed by atoms with Crippen molar-refractivity contribution in [2.45, 2.75) is 19.4 Å². The summed E-state index contributed by atoms with van der Waals surface area (Å²) in [5.74, 6) is 0.652. The third-order valence-corrected chi connectivity index (χ3v) is 3.84. The van der Waals surface area contributed by atoms with Crippen molar-refractivity contribution in [2.75, 3.05) is 13.2 Å². The molecule has 21 heavy (non-hydrogen) atoms. The fourth-order valence-corrected chi connectivity index (χ4v) is 2.74. The van der Waals surface area contributed by atoms with Crippen molar-refractivity contribution in [3.8, 4) is 5.75 Å². The van der Waals surface area contributed by atoms with Gasteiger partial charge in [0.05, 0.1) is 12.2 Å². The van der Waals surface area contributed by atoms with Gasteiger partial charge in [0.25, 0.3) is 0 Å². The van der Waals surface area contributed by atoms with Gasteiger partial charge < -0.3 is 9.47 Å². The lowest BCUT2D eigenvalue weighted by atomic mass is 9.98. The van der Waals surface area contributed by atoms with Crippen LogP contribution in [0.15, 0.2) is 42.5 Å². The molecule has 1 atom stereocenters. The molecule has 2 aromatic carbocycles. The SMILES string of the molecule is Cc1cccc(C=O)c1OCC1OCCc2ccccc21. The van der Waals surface area contributed by atoms with Gasteiger partial charge in [-0.05, 0) is 36.1 Å². The number of fused-ring (bicyclic) bond motifs is 1. The largest absolute Gasteiger partial charge is 0.489 e. The second-order valence-electron chi connectivity index (χ2n) is 5.23. The van der Waals surface area contributed by atoms with E-state index in [1.165, 1.54) is 11.1 Å². The van der Waals surface area contributed by atoms with Crippen molar-refractivity contribution >= 4 is 6.29 Å². The van der Waals surface area contributed by atoms with Crippen LogP contribution in [0.2, 0.25) is 0 Å². The molecule has 0 N–H and O–H groups in total. The summed E-state index contributed by atoms with van der Waals surface area (Å²) in [5, 5.41) is 0. The van der Waals surface area contributed by atoms with E-state index in [0.717, 1.165) is 18.3 Å². The van der Waals surface area contributed by atoms with E-state index >= 15 is 0 Å². The van der Waals surface area contributed by atoms with E-state index in [9.17, 15) is 4.79 Å². The number of carbonyl (C=O) groups excluding carboxylic acids is 1. The summed E-state index contributed by atoms with van der Waals surface area (Å²) in [7, 11) is 0. The quantitative estimate of drug-likeness (QED) is 0.805. The molecule has 3 rings (SSSR count). The molecular formula is C18H18O3. The average molecular weight is 282 g/mol. The number of aldehydes is 1. The molecule has 0 saturated carbocycles. The molecule has 0 bridgehead atoms. The van der Waals surface area contributed by atoms with Gasteiger partial charge in [-0.25, -0.2) is 0 Å². The van der Waals surface area contributed by atoms with Crippen LogP contribution in [0.25, 0.3) is 0 Å². The van der Waals surface area contributed by atoms with E-state index in [2.05, 4.69) is 12.1 Å². The van der Waals surface area contributed by atoms with Crippen molar-refractivity contribution in [3.63, 3.8) is 0 Å². The fraction of sp³-hybridized carbons (Fsp3) is 0.278. The van der Waals surface area contributed by atoms with Crippen LogP contribution in [0.5, 0.6) is 5.75 Å². The lowest BCUT2D eigenvalue weighted by Gasteiger charge is -2.26. The molecule has 1 aliphatic rings. The number of hydrogen-bond donors (Lipinski definition) is 0. The molecule has 0 saturated heterocycles. The summed E-state index contributed by atoms with van der Waals surface area (Å²) in [6, 6.07) is 13.9. The van der Waals surface area contributed by atoms with Crippen LogP contribution in [0.4, 0.5) is 0 Å². The molecule has 1 unspecified atom stereocenters. The van der Waals surface area contributed by atoms with Crippen molar-refractivity contribution in [2.24, 2.45) is 0 Å². The molecule has 3 heteroatoms. The van der Waals surface area contributed by atoms with Crippen LogP contribution in [-0.2, 0) is 11.2 Å². The zero-order valence-electron chi connectivity index (χ0n) is 12.0. The number of carbonyl (C=O) groups is 1. The van der Waals surface area contributed by atoms with E-state index < -0.39 is 0 Å². The monoisotopic (exact) mass is 282 g/mol. The van der Waals surface area contributed by atoms with Gasteiger partial charge in [-0.3, -0.25) is 4.79 Å². The molecule has 0 fully saturated rings. The number of rotatable bonds is 4. The second-order valence-corrected chi connectivity index (χ2v) is 5.23. The second kappa shape index (κ2) is 6.10. The van der Waals surface area contributed by atoms with Crippen molar-refractivity contribution in [3.05, 3.63) is 64.7 Å². The molecular weight excluding hydrogens is 264 g/mol. The standard InChI is InChI=1S/C18H18O3/c1-13-5-4-7-15(11-19)18(13)21-12-17-16-8-3-2-6-14(16)9-10-20-17/h2-8,11,17H,9-10,12H2,1H3. The first-order chi connectivity index (χ1) is 10.3. The molecule has 0 radical (unpaired) electrons. The Hall–Kier alpha value is -2.13. The van der Waals surface area contributed by atoms with Crippen LogP contribution < -0.4 is 4.74 Å². The Labute approximate surface area is 124 Å². The maximum absolute atomic E-state index is 11.1. The topological polar surface area (TPSA) is 35.5 Å². The van der Waals surface area contributed by atoms with E-state index in [-0.39, 0.29) is 6.10 Å². The molecule has 0 spiro atoms. The van der Waals surface area contributed by atoms with E-state index in [1.807, 2.05) is 31.2 Å². The van der Waals surface area contributed by atoms with Crippen molar-refractivity contribution in [1.29, 1.82) is 0 Å². The number of benzene rings is 2. The summed E-state index contributed by atoms with van der Waals surface area (Å²) in [4.78, 5) is 11.1. The van der Waals surface area contributed by atoms with Crippen LogP contribution in [-0.4, -0.2) is 19.5 Å². The average Bonchev–Trinajstić information content (AvgIpc) is 2.53. The first-order valence-corrected chi connectivity index (χ1v) is 7.16. The first-order valence-electron chi connectivity index (χ1n) is 7.16. The van der Waals surface area contributed by atoms with Gasteiger partial charge in [-0.1, -0.05) is 36.4 Å². The minimum atomic E-state index is -0.0749. The Balaban J connectivity index is 1.79.